The molecule has 3 aromatic rings. The lowest BCUT2D eigenvalue weighted by atomic mass is 9.96. The fourth-order valence-electron chi connectivity index (χ4n) is 3.26. The topological polar surface area (TPSA) is 32.3 Å². The third kappa shape index (κ3) is 4.06. The zero-order valence-corrected chi connectivity index (χ0v) is 14.7. The van der Waals surface area contributed by atoms with Gasteiger partial charge in [-0.25, -0.2) is 0 Å². The van der Waals surface area contributed by atoms with E-state index >= 15 is 0 Å². The largest absolute Gasteiger partial charge is 0.353 e. The maximum absolute atomic E-state index is 11.2. The van der Waals surface area contributed by atoms with Crippen LogP contribution in [0.2, 0.25) is 0 Å². The number of amides is 1. The van der Waals surface area contributed by atoms with Crippen LogP contribution >= 0.6 is 0 Å². The van der Waals surface area contributed by atoms with Crippen LogP contribution in [0.1, 0.15) is 12.0 Å². The Balaban J connectivity index is 1.79. The van der Waals surface area contributed by atoms with Gasteiger partial charge in [-0.3, -0.25) is 4.79 Å². The van der Waals surface area contributed by atoms with Crippen LogP contribution in [-0.4, -0.2) is 30.9 Å². The van der Waals surface area contributed by atoms with E-state index in [-0.39, 0.29) is 5.91 Å². The molecule has 0 aliphatic carbocycles. The summed E-state index contributed by atoms with van der Waals surface area (Å²) in [6, 6.07) is 19.4. The first-order chi connectivity index (χ1) is 12.2. The Morgan fingerprint density at radius 3 is 2.28 bits per heavy atom. The van der Waals surface area contributed by atoms with Crippen LogP contribution in [0.3, 0.4) is 0 Å². The van der Waals surface area contributed by atoms with Crippen molar-refractivity contribution in [1.29, 1.82) is 0 Å². The highest BCUT2D eigenvalue weighted by Gasteiger charge is 2.09. The minimum absolute atomic E-state index is 0.109. The van der Waals surface area contributed by atoms with Gasteiger partial charge in [-0.2, -0.15) is 0 Å². The van der Waals surface area contributed by atoms with Gasteiger partial charge >= 0.3 is 0 Å². The molecule has 3 aromatic carbocycles. The molecule has 0 atom stereocenters. The van der Waals surface area contributed by atoms with Crippen molar-refractivity contribution in [2.75, 3.05) is 20.1 Å². The van der Waals surface area contributed by atoms with E-state index in [1.165, 1.54) is 33.2 Å². The Hall–Kier alpha value is -2.65. The Labute approximate surface area is 148 Å². The molecule has 25 heavy (non-hydrogen) atoms. The molecule has 1 N–H and O–H groups in total. The predicted octanol–water partition coefficient (Wildman–Crippen LogP) is 4.12. The van der Waals surface area contributed by atoms with E-state index in [1.54, 1.807) is 0 Å². The lowest BCUT2D eigenvalue weighted by molar-refractivity contribution is -0.116. The van der Waals surface area contributed by atoms with Gasteiger partial charge in [0.15, 0.2) is 0 Å². The molecule has 0 saturated carbocycles. The predicted molar refractivity (Wildman–Crippen MR) is 106 cm³/mol. The molecule has 0 aliphatic rings. The van der Waals surface area contributed by atoms with Gasteiger partial charge in [-0.1, -0.05) is 55.1 Å². The van der Waals surface area contributed by atoms with Crippen molar-refractivity contribution in [1.82, 2.24) is 10.2 Å². The number of benzene rings is 3. The van der Waals surface area contributed by atoms with Crippen LogP contribution in [0.4, 0.5) is 0 Å². The summed E-state index contributed by atoms with van der Waals surface area (Å²) in [5, 5.41) is 8.01. The molecule has 0 aromatic heterocycles. The second-order valence-electron chi connectivity index (χ2n) is 6.38. The Bertz CT molecular complexity index is 847. The average Bonchev–Trinajstić information content (AvgIpc) is 2.64. The second-order valence-corrected chi connectivity index (χ2v) is 6.38. The maximum Gasteiger partial charge on any atom is 0.243 e. The van der Waals surface area contributed by atoms with Crippen molar-refractivity contribution in [3.8, 4) is 0 Å². The van der Waals surface area contributed by atoms with Crippen molar-refractivity contribution < 1.29 is 4.79 Å². The number of nitrogens with one attached hydrogen (secondary N) is 1. The van der Waals surface area contributed by atoms with Crippen molar-refractivity contribution in [3.05, 3.63) is 72.8 Å². The van der Waals surface area contributed by atoms with E-state index in [0.717, 1.165) is 19.5 Å². The molecule has 0 aliphatic heterocycles. The van der Waals surface area contributed by atoms with Gasteiger partial charge in [0.1, 0.15) is 0 Å². The summed E-state index contributed by atoms with van der Waals surface area (Å²) >= 11 is 0. The van der Waals surface area contributed by atoms with Crippen molar-refractivity contribution in [2.24, 2.45) is 0 Å². The Kier molecular flexibility index (Phi) is 5.46. The summed E-state index contributed by atoms with van der Waals surface area (Å²) in [5.41, 5.74) is 1.37. The third-order valence-electron chi connectivity index (χ3n) is 4.51. The lowest BCUT2D eigenvalue weighted by Gasteiger charge is -2.20. The van der Waals surface area contributed by atoms with E-state index < -0.39 is 0 Å². The number of nitrogens with zero attached hydrogens (tertiary/aromatic N) is 1. The van der Waals surface area contributed by atoms with E-state index in [0.29, 0.717) is 6.54 Å². The highest BCUT2D eigenvalue weighted by molar-refractivity contribution is 6.02. The zero-order chi connectivity index (χ0) is 17.6. The minimum Gasteiger partial charge on any atom is -0.353 e. The van der Waals surface area contributed by atoms with E-state index in [9.17, 15) is 4.79 Å². The second kappa shape index (κ2) is 7.95. The molecular formula is C22H24N2O. The first kappa shape index (κ1) is 17.2. The molecule has 0 unspecified atom stereocenters. The van der Waals surface area contributed by atoms with Gasteiger partial charge in [0, 0.05) is 13.1 Å². The van der Waals surface area contributed by atoms with Crippen LogP contribution in [0, 0.1) is 0 Å². The van der Waals surface area contributed by atoms with Crippen LogP contribution < -0.4 is 5.32 Å². The SMILES string of the molecule is C=CC(=O)NCCCN(C)Cc1c2ccccc2cc2ccccc12. The first-order valence-corrected chi connectivity index (χ1v) is 8.67. The van der Waals surface area contributed by atoms with E-state index in [4.69, 9.17) is 0 Å². The summed E-state index contributed by atoms with van der Waals surface area (Å²) in [7, 11) is 2.13. The van der Waals surface area contributed by atoms with Gasteiger partial charge in [0.05, 0.1) is 0 Å². The van der Waals surface area contributed by atoms with E-state index in [1.807, 2.05) is 0 Å². The molecule has 0 spiro atoms. The highest BCUT2D eigenvalue weighted by atomic mass is 16.1. The third-order valence-corrected chi connectivity index (χ3v) is 4.51. The Morgan fingerprint density at radius 2 is 1.68 bits per heavy atom. The molecule has 3 rings (SSSR count). The van der Waals surface area contributed by atoms with Gasteiger partial charge in [0.2, 0.25) is 5.91 Å². The van der Waals surface area contributed by atoms with Crippen molar-refractivity contribution >= 4 is 27.5 Å². The van der Waals surface area contributed by atoms with Gasteiger partial charge < -0.3 is 10.2 Å². The maximum atomic E-state index is 11.2. The highest BCUT2D eigenvalue weighted by Crippen LogP contribution is 2.29. The van der Waals surface area contributed by atoms with Crippen LogP contribution in [-0.2, 0) is 11.3 Å². The Morgan fingerprint density at radius 1 is 1.08 bits per heavy atom. The van der Waals surface area contributed by atoms with Crippen molar-refractivity contribution in [3.63, 3.8) is 0 Å². The van der Waals surface area contributed by atoms with Gasteiger partial charge in [-0.15, -0.1) is 0 Å². The normalized spacial score (nSPS) is 11.1. The molecule has 0 fully saturated rings. The number of carbonyl (C=O) groups excluding carboxylic acids is 1. The van der Waals surface area contributed by atoms with E-state index in [2.05, 4.69) is 78.4 Å². The number of hydrogen-bond donors (Lipinski definition) is 1. The fourth-order valence-corrected chi connectivity index (χ4v) is 3.26. The van der Waals surface area contributed by atoms with Gasteiger partial charge in [-0.05, 0) is 59.3 Å². The minimum atomic E-state index is -0.109. The molecule has 3 nitrogen and oxygen atoms in total. The summed E-state index contributed by atoms with van der Waals surface area (Å²) in [5.74, 6) is -0.109. The zero-order valence-electron chi connectivity index (χ0n) is 14.7. The number of fused-ring (bicyclic) bond motifs is 2. The summed E-state index contributed by atoms with van der Waals surface area (Å²) < 4.78 is 0. The molecule has 0 heterocycles. The first-order valence-electron chi connectivity index (χ1n) is 8.67. The number of rotatable bonds is 7. The molecule has 128 valence electrons. The quantitative estimate of drug-likeness (QED) is 0.401. The van der Waals surface area contributed by atoms with Crippen LogP contribution in [0.15, 0.2) is 67.3 Å². The van der Waals surface area contributed by atoms with Crippen molar-refractivity contribution in [2.45, 2.75) is 13.0 Å². The molecule has 1 amide bonds. The molecule has 3 heteroatoms. The van der Waals surface area contributed by atoms with Crippen LogP contribution in [0.25, 0.3) is 21.5 Å². The number of hydrogen-bond acceptors (Lipinski definition) is 2. The molecule has 0 radical (unpaired) electrons. The average molecular weight is 332 g/mol. The summed E-state index contributed by atoms with van der Waals surface area (Å²) in [6.07, 6.45) is 2.23. The molecule has 0 saturated heterocycles. The molecule has 0 bridgehead atoms. The monoisotopic (exact) mass is 332 g/mol. The smallest absolute Gasteiger partial charge is 0.243 e. The van der Waals surface area contributed by atoms with Gasteiger partial charge in [0.25, 0.3) is 0 Å². The fraction of sp³-hybridized carbons (Fsp3) is 0.227. The summed E-state index contributed by atoms with van der Waals surface area (Å²) in [4.78, 5) is 13.5. The standard InChI is InChI=1S/C22H24N2O/c1-3-22(25)23-13-8-14-24(2)16-21-19-11-6-4-9-17(19)15-18-10-5-7-12-20(18)21/h3-7,9-12,15H,1,8,13-14,16H2,2H3,(H,23,25). The molecular weight excluding hydrogens is 308 g/mol. The number of carbonyl (C=O) groups is 1. The van der Waals surface area contributed by atoms with Crippen LogP contribution in [0.5, 0.6) is 0 Å². The summed E-state index contributed by atoms with van der Waals surface area (Å²) in [6.45, 7) is 5.95. The lowest BCUT2D eigenvalue weighted by Crippen LogP contribution is -2.26.